The van der Waals surface area contributed by atoms with Crippen LogP contribution in [0, 0.1) is 0 Å². The third-order valence-corrected chi connectivity index (χ3v) is 7.83. The molecule has 1 amide bonds. The van der Waals surface area contributed by atoms with Crippen LogP contribution >= 0.6 is 22.9 Å². The molecule has 4 rings (SSSR count). The Bertz CT molecular complexity index is 1600. The van der Waals surface area contributed by atoms with Crippen molar-refractivity contribution in [3.63, 3.8) is 0 Å². The van der Waals surface area contributed by atoms with Gasteiger partial charge in [0.05, 0.1) is 41.7 Å². The van der Waals surface area contributed by atoms with Crippen LogP contribution in [0.4, 0.5) is 0 Å². The summed E-state index contributed by atoms with van der Waals surface area (Å²) in [6, 6.07) is 10.2. The fourth-order valence-corrected chi connectivity index (χ4v) is 6.09. The zero-order valence-corrected chi connectivity index (χ0v) is 24.5. The molecule has 10 heteroatoms. The van der Waals surface area contributed by atoms with Crippen LogP contribution in [0.5, 0.6) is 17.2 Å². The molecule has 1 aromatic heterocycles. The van der Waals surface area contributed by atoms with Gasteiger partial charge >= 0.3 is 0 Å². The van der Waals surface area contributed by atoms with E-state index >= 15 is 0 Å². The SMILES string of the molecule is CCOc1cc(/C=c2\sc3n(c2=O)C(c2ccccc2OC)C(C(=O)N(CC)CC)=C(C)N=3)cc(Cl)c1OC. The Morgan fingerprint density at radius 2 is 1.85 bits per heavy atom. The minimum Gasteiger partial charge on any atom is -0.496 e. The summed E-state index contributed by atoms with van der Waals surface area (Å²) >= 11 is 7.71. The number of thiazole rings is 1. The number of aromatic nitrogens is 1. The summed E-state index contributed by atoms with van der Waals surface area (Å²) in [5.74, 6) is 1.35. The Labute approximate surface area is 236 Å². The van der Waals surface area contributed by atoms with E-state index in [0.29, 0.717) is 73.7 Å². The minimum absolute atomic E-state index is 0.158. The number of likely N-dealkylation sites (N-methyl/N-ethyl adjacent to an activating group) is 1. The number of hydrogen-bond acceptors (Lipinski definition) is 7. The van der Waals surface area contributed by atoms with Crippen molar-refractivity contribution >= 4 is 34.9 Å². The monoisotopic (exact) mass is 569 g/mol. The molecule has 8 nitrogen and oxygen atoms in total. The highest BCUT2D eigenvalue weighted by Gasteiger charge is 2.35. The van der Waals surface area contributed by atoms with Gasteiger partial charge in [0.15, 0.2) is 16.3 Å². The van der Waals surface area contributed by atoms with Gasteiger partial charge in [0.25, 0.3) is 11.5 Å². The van der Waals surface area contributed by atoms with Gasteiger partial charge in [-0.2, -0.15) is 0 Å². The number of para-hydroxylation sites is 1. The van der Waals surface area contributed by atoms with E-state index in [2.05, 4.69) is 0 Å². The first-order valence-corrected chi connectivity index (χ1v) is 13.9. The average Bonchev–Trinajstić information content (AvgIpc) is 3.22. The zero-order chi connectivity index (χ0) is 28.3. The Morgan fingerprint density at radius 1 is 1.13 bits per heavy atom. The van der Waals surface area contributed by atoms with Crippen molar-refractivity contribution in [3.8, 4) is 17.2 Å². The van der Waals surface area contributed by atoms with E-state index < -0.39 is 6.04 Å². The lowest BCUT2D eigenvalue weighted by molar-refractivity contribution is -0.127. The number of allylic oxidation sites excluding steroid dienone is 1. The van der Waals surface area contributed by atoms with Gasteiger partial charge in [0.2, 0.25) is 0 Å². The third kappa shape index (κ3) is 5.33. The summed E-state index contributed by atoms with van der Waals surface area (Å²) in [6.45, 7) is 9.05. The lowest BCUT2D eigenvalue weighted by Gasteiger charge is -2.29. The number of methoxy groups -OCH3 is 2. The van der Waals surface area contributed by atoms with Crippen LogP contribution < -0.4 is 29.1 Å². The van der Waals surface area contributed by atoms with Gasteiger partial charge in [0.1, 0.15) is 11.8 Å². The van der Waals surface area contributed by atoms with E-state index in [1.54, 1.807) is 34.8 Å². The number of amides is 1. The Kier molecular flexibility index (Phi) is 8.82. The molecule has 2 aromatic carbocycles. The van der Waals surface area contributed by atoms with Gasteiger partial charge in [-0.15, -0.1) is 0 Å². The number of rotatable bonds is 9. The average molecular weight is 570 g/mol. The molecule has 0 saturated carbocycles. The maximum atomic E-state index is 14.0. The van der Waals surface area contributed by atoms with Crippen molar-refractivity contribution in [2.75, 3.05) is 33.9 Å². The molecule has 0 radical (unpaired) electrons. The smallest absolute Gasteiger partial charge is 0.271 e. The van der Waals surface area contributed by atoms with Crippen molar-refractivity contribution in [3.05, 3.63) is 83.5 Å². The largest absolute Gasteiger partial charge is 0.496 e. The number of hydrogen-bond donors (Lipinski definition) is 0. The number of halogens is 1. The molecular formula is C29H32ClN3O5S. The molecule has 2 heterocycles. The van der Waals surface area contributed by atoms with E-state index in [1.807, 2.05) is 52.0 Å². The lowest BCUT2D eigenvalue weighted by Crippen LogP contribution is -2.43. The van der Waals surface area contributed by atoms with Crippen LogP contribution in [0.1, 0.15) is 44.9 Å². The van der Waals surface area contributed by atoms with Crippen molar-refractivity contribution in [1.82, 2.24) is 9.47 Å². The standard InChI is InChI=1S/C29H32ClN3O5S/c1-7-32(8-2)28(35)24-17(4)31-29-33(25(24)19-12-10-11-13-21(19)36-5)27(34)23(39-29)16-18-14-20(30)26(37-6)22(15-18)38-9-3/h10-16,25H,7-9H2,1-6H3/b23-16-. The van der Waals surface area contributed by atoms with Gasteiger partial charge in [-0.25, -0.2) is 4.99 Å². The van der Waals surface area contributed by atoms with E-state index in [4.69, 9.17) is 30.8 Å². The summed E-state index contributed by atoms with van der Waals surface area (Å²) < 4.78 is 18.8. The molecule has 0 saturated heterocycles. The van der Waals surface area contributed by atoms with E-state index in [0.717, 1.165) is 0 Å². The Morgan fingerprint density at radius 3 is 2.49 bits per heavy atom. The van der Waals surface area contributed by atoms with Crippen LogP contribution in [-0.4, -0.2) is 49.3 Å². The first-order valence-electron chi connectivity index (χ1n) is 12.7. The highest BCUT2D eigenvalue weighted by atomic mass is 35.5. The van der Waals surface area contributed by atoms with E-state index in [9.17, 15) is 9.59 Å². The molecule has 0 spiro atoms. The molecule has 1 aliphatic rings. The molecule has 1 atom stereocenters. The molecule has 3 aromatic rings. The molecule has 206 valence electrons. The van der Waals surface area contributed by atoms with Crippen LogP contribution in [0.3, 0.4) is 0 Å². The fraction of sp³-hybridized carbons (Fsp3) is 0.345. The maximum absolute atomic E-state index is 14.0. The van der Waals surface area contributed by atoms with E-state index in [-0.39, 0.29) is 11.5 Å². The number of nitrogens with zero attached hydrogens (tertiary/aromatic N) is 3. The second kappa shape index (κ2) is 12.1. The van der Waals surface area contributed by atoms with Crippen molar-refractivity contribution in [2.45, 2.75) is 33.7 Å². The maximum Gasteiger partial charge on any atom is 0.271 e. The molecule has 0 fully saturated rings. The normalized spacial score (nSPS) is 15.1. The second-order valence-corrected chi connectivity index (χ2v) is 10.2. The van der Waals surface area contributed by atoms with Gasteiger partial charge < -0.3 is 19.1 Å². The van der Waals surface area contributed by atoms with Gasteiger partial charge in [-0.3, -0.25) is 14.2 Å². The predicted molar refractivity (Wildman–Crippen MR) is 154 cm³/mol. The topological polar surface area (TPSA) is 82.4 Å². The number of ether oxygens (including phenoxy) is 3. The fourth-order valence-electron chi connectivity index (χ4n) is 4.75. The van der Waals surface area contributed by atoms with Crippen LogP contribution in [0.25, 0.3) is 6.08 Å². The number of carbonyl (C=O) groups excluding carboxylic acids is 1. The number of fused-ring (bicyclic) bond motifs is 1. The molecule has 0 N–H and O–H groups in total. The zero-order valence-electron chi connectivity index (χ0n) is 22.9. The Hall–Kier alpha value is -3.56. The molecular weight excluding hydrogens is 538 g/mol. The summed E-state index contributed by atoms with van der Waals surface area (Å²) in [6.07, 6.45) is 1.75. The quantitative estimate of drug-likeness (QED) is 0.386. The second-order valence-electron chi connectivity index (χ2n) is 8.77. The summed E-state index contributed by atoms with van der Waals surface area (Å²) in [7, 11) is 3.10. The number of benzene rings is 2. The molecule has 0 aliphatic carbocycles. The predicted octanol–water partition coefficient (Wildman–Crippen LogP) is 4.17. The highest BCUT2D eigenvalue weighted by Crippen LogP contribution is 2.37. The van der Waals surface area contributed by atoms with Gasteiger partial charge in [-0.05, 0) is 57.5 Å². The summed E-state index contributed by atoms with van der Waals surface area (Å²) in [5, 5.41) is 0.373. The first kappa shape index (κ1) is 28.4. The van der Waals surface area contributed by atoms with Gasteiger partial charge in [0, 0.05) is 18.7 Å². The van der Waals surface area contributed by atoms with Crippen LogP contribution in [0.2, 0.25) is 5.02 Å². The summed E-state index contributed by atoms with van der Waals surface area (Å²) in [5.41, 5.74) is 2.15. The van der Waals surface area contributed by atoms with Crippen LogP contribution in [-0.2, 0) is 4.79 Å². The molecule has 0 bridgehead atoms. The minimum atomic E-state index is -0.703. The molecule has 39 heavy (non-hydrogen) atoms. The lowest BCUT2D eigenvalue weighted by atomic mass is 9.94. The van der Waals surface area contributed by atoms with Gasteiger partial charge in [-0.1, -0.05) is 41.1 Å². The number of carbonyl (C=O) groups is 1. The third-order valence-electron chi connectivity index (χ3n) is 6.57. The van der Waals surface area contributed by atoms with Crippen molar-refractivity contribution < 1.29 is 19.0 Å². The Balaban J connectivity index is 1.98. The van der Waals surface area contributed by atoms with E-state index in [1.165, 1.54) is 18.4 Å². The van der Waals surface area contributed by atoms with Crippen molar-refractivity contribution in [1.29, 1.82) is 0 Å². The van der Waals surface area contributed by atoms with Crippen LogP contribution in [0.15, 0.2) is 57.5 Å². The summed E-state index contributed by atoms with van der Waals surface area (Å²) in [4.78, 5) is 34.8. The molecule has 1 aliphatic heterocycles. The van der Waals surface area contributed by atoms with Crippen molar-refractivity contribution in [2.24, 2.45) is 4.99 Å². The molecule has 1 unspecified atom stereocenters. The first-order chi connectivity index (χ1) is 18.8. The highest BCUT2D eigenvalue weighted by molar-refractivity contribution is 7.07.